The molecule has 0 amide bonds. The van der Waals surface area contributed by atoms with Crippen molar-refractivity contribution >= 4 is 11.5 Å². The monoisotopic (exact) mass is 326 g/mol. The summed E-state index contributed by atoms with van der Waals surface area (Å²) < 4.78 is 16.0. The zero-order valence-corrected chi connectivity index (χ0v) is 13.2. The van der Waals surface area contributed by atoms with Gasteiger partial charge < -0.3 is 14.6 Å². The van der Waals surface area contributed by atoms with E-state index in [1.54, 1.807) is 12.4 Å². The summed E-state index contributed by atoms with van der Waals surface area (Å²) in [4.78, 5) is 6.29. The Morgan fingerprint density at radius 3 is 3.04 bits per heavy atom. The van der Waals surface area contributed by atoms with Crippen molar-refractivity contribution in [3.05, 3.63) is 54.6 Å². The molecule has 3 aromatic heterocycles. The van der Waals surface area contributed by atoms with Crippen LogP contribution in [0.5, 0.6) is 0 Å². The van der Waals surface area contributed by atoms with Crippen LogP contribution in [0.3, 0.4) is 0 Å². The Morgan fingerprint density at radius 1 is 1.21 bits per heavy atom. The number of alkyl halides is 1. The first-order valence-electron chi connectivity index (χ1n) is 8.11. The highest BCUT2D eigenvalue weighted by molar-refractivity contribution is 5.41. The molecular weight excluding hydrogens is 307 g/mol. The third-order valence-electron chi connectivity index (χ3n) is 4.41. The first-order chi connectivity index (χ1) is 11.8. The lowest BCUT2D eigenvalue weighted by molar-refractivity contribution is 0.354. The third kappa shape index (κ3) is 2.94. The van der Waals surface area contributed by atoms with Gasteiger partial charge in [0.25, 0.3) is 0 Å². The number of hydrogen-bond acceptors (Lipinski definition) is 5. The average Bonchev–Trinajstić information content (AvgIpc) is 3.22. The van der Waals surface area contributed by atoms with Gasteiger partial charge in [0.05, 0.1) is 6.54 Å². The Morgan fingerprint density at radius 2 is 2.17 bits per heavy atom. The minimum Gasteiger partial charge on any atom is -0.348 e. The molecule has 1 fully saturated rings. The Bertz CT molecular complexity index is 805. The normalized spacial score (nSPS) is 20.8. The number of pyridine rings is 1. The molecule has 1 aliphatic heterocycles. The van der Waals surface area contributed by atoms with Crippen LogP contribution in [-0.4, -0.2) is 44.9 Å². The lowest BCUT2D eigenvalue weighted by Crippen LogP contribution is -2.38. The van der Waals surface area contributed by atoms with Crippen LogP contribution in [0.2, 0.25) is 0 Å². The molecule has 1 aliphatic rings. The molecule has 0 radical (unpaired) electrons. The van der Waals surface area contributed by atoms with Crippen molar-refractivity contribution in [2.45, 2.75) is 25.2 Å². The Kier molecular flexibility index (Phi) is 4.08. The van der Waals surface area contributed by atoms with Crippen LogP contribution in [0, 0.1) is 0 Å². The van der Waals surface area contributed by atoms with Crippen molar-refractivity contribution in [3.63, 3.8) is 0 Å². The number of halogens is 1. The standard InChI is InChI=1S/C17H19FN6/c18-13-9-15(24(12-13)17-5-2-6-21-22-17)11-19-10-14-3-1-4-16-20-7-8-23(14)16/h1-8,13,15,19H,9-12H2/t13-,15-/m0/s1. The van der Waals surface area contributed by atoms with Crippen LogP contribution in [0.1, 0.15) is 12.1 Å². The number of imidazole rings is 1. The van der Waals surface area contributed by atoms with Crippen LogP contribution in [0.15, 0.2) is 48.9 Å². The molecule has 1 saturated heterocycles. The van der Waals surface area contributed by atoms with E-state index in [9.17, 15) is 4.39 Å². The van der Waals surface area contributed by atoms with Gasteiger partial charge in [0.1, 0.15) is 11.8 Å². The van der Waals surface area contributed by atoms with E-state index in [4.69, 9.17) is 0 Å². The van der Waals surface area contributed by atoms with Gasteiger partial charge in [-0.3, -0.25) is 0 Å². The molecule has 7 heteroatoms. The van der Waals surface area contributed by atoms with E-state index < -0.39 is 6.17 Å². The molecule has 0 aliphatic carbocycles. The molecule has 0 spiro atoms. The molecular formula is C17H19FN6. The molecule has 1 N–H and O–H groups in total. The van der Waals surface area contributed by atoms with E-state index in [1.165, 1.54) is 0 Å². The first kappa shape index (κ1) is 15.0. The lowest BCUT2D eigenvalue weighted by atomic mass is 10.2. The highest BCUT2D eigenvalue weighted by atomic mass is 19.1. The Hall–Kier alpha value is -2.54. The van der Waals surface area contributed by atoms with Gasteiger partial charge in [-0.25, -0.2) is 9.37 Å². The maximum absolute atomic E-state index is 13.9. The van der Waals surface area contributed by atoms with E-state index in [2.05, 4.69) is 31.0 Å². The number of hydrogen-bond donors (Lipinski definition) is 1. The van der Waals surface area contributed by atoms with Gasteiger partial charge in [-0.05, 0) is 24.3 Å². The lowest BCUT2D eigenvalue weighted by Gasteiger charge is -2.25. The summed E-state index contributed by atoms with van der Waals surface area (Å²) >= 11 is 0. The largest absolute Gasteiger partial charge is 0.348 e. The zero-order valence-electron chi connectivity index (χ0n) is 13.2. The van der Waals surface area contributed by atoms with Crippen LogP contribution < -0.4 is 10.2 Å². The van der Waals surface area contributed by atoms with Gasteiger partial charge >= 0.3 is 0 Å². The van der Waals surface area contributed by atoms with Crippen LogP contribution >= 0.6 is 0 Å². The third-order valence-corrected chi connectivity index (χ3v) is 4.41. The fourth-order valence-corrected chi connectivity index (χ4v) is 3.30. The maximum Gasteiger partial charge on any atom is 0.151 e. The van der Waals surface area contributed by atoms with E-state index in [0.717, 1.165) is 17.2 Å². The van der Waals surface area contributed by atoms with Crippen LogP contribution in [0.4, 0.5) is 10.2 Å². The smallest absolute Gasteiger partial charge is 0.151 e. The van der Waals surface area contributed by atoms with Crippen molar-refractivity contribution in [2.24, 2.45) is 0 Å². The summed E-state index contributed by atoms with van der Waals surface area (Å²) in [5.41, 5.74) is 2.06. The molecule has 3 aromatic rings. The molecule has 0 bridgehead atoms. The Balaban J connectivity index is 1.42. The van der Waals surface area contributed by atoms with Crippen molar-refractivity contribution < 1.29 is 4.39 Å². The second-order valence-electron chi connectivity index (χ2n) is 6.02. The molecule has 24 heavy (non-hydrogen) atoms. The van der Waals surface area contributed by atoms with Gasteiger partial charge in [0, 0.05) is 49.8 Å². The molecule has 124 valence electrons. The highest BCUT2D eigenvalue weighted by Gasteiger charge is 2.32. The average molecular weight is 326 g/mol. The summed E-state index contributed by atoms with van der Waals surface area (Å²) in [5, 5.41) is 11.5. The molecule has 0 aromatic carbocycles. The molecule has 0 unspecified atom stereocenters. The van der Waals surface area contributed by atoms with Crippen LogP contribution in [-0.2, 0) is 6.54 Å². The van der Waals surface area contributed by atoms with Gasteiger partial charge in [0.2, 0.25) is 0 Å². The Labute approximate surface area is 139 Å². The van der Waals surface area contributed by atoms with Crippen molar-refractivity contribution in [1.29, 1.82) is 0 Å². The zero-order chi connectivity index (χ0) is 16.4. The summed E-state index contributed by atoms with van der Waals surface area (Å²) in [6.45, 7) is 1.78. The van der Waals surface area contributed by atoms with Gasteiger partial charge in [-0.2, -0.15) is 5.10 Å². The predicted octanol–water partition coefficient (Wildman–Crippen LogP) is 1.83. The highest BCUT2D eigenvalue weighted by Crippen LogP contribution is 2.24. The summed E-state index contributed by atoms with van der Waals surface area (Å²) in [5.74, 6) is 0.737. The second kappa shape index (κ2) is 6.52. The molecule has 2 atom stereocenters. The van der Waals surface area contributed by atoms with Crippen molar-refractivity contribution in [1.82, 2.24) is 24.9 Å². The summed E-state index contributed by atoms with van der Waals surface area (Å²) in [6.07, 6.45) is 5.06. The molecule has 4 rings (SSSR count). The van der Waals surface area contributed by atoms with Crippen LogP contribution in [0.25, 0.3) is 5.65 Å². The molecule has 6 nitrogen and oxygen atoms in total. The fraction of sp³-hybridized carbons (Fsp3) is 0.353. The van der Waals surface area contributed by atoms with Crippen molar-refractivity contribution in [2.75, 3.05) is 18.0 Å². The number of anilines is 1. The number of nitrogens with one attached hydrogen (secondary N) is 1. The van der Waals surface area contributed by atoms with E-state index in [1.807, 2.05) is 35.4 Å². The van der Waals surface area contributed by atoms with E-state index >= 15 is 0 Å². The van der Waals surface area contributed by atoms with Gasteiger partial charge in [0.15, 0.2) is 5.82 Å². The van der Waals surface area contributed by atoms with Crippen molar-refractivity contribution in [3.8, 4) is 0 Å². The van der Waals surface area contributed by atoms with Gasteiger partial charge in [-0.1, -0.05) is 6.07 Å². The quantitative estimate of drug-likeness (QED) is 0.775. The SMILES string of the molecule is F[C@H]1C[C@@H](CNCc2cccc3nccn23)N(c2cccnn2)C1. The fourth-order valence-electron chi connectivity index (χ4n) is 3.30. The minimum absolute atomic E-state index is 0.0821. The minimum atomic E-state index is -0.823. The summed E-state index contributed by atoms with van der Waals surface area (Å²) in [6, 6.07) is 9.83. The number of rotatable bonds is 5. The molecule has 0 saturated carbocycles. The maximum atomic E-state index is 13.9. The molecule has 4 heterocycles. The van der Waals surface area contributed by atoms with Gasteiger partial charge in [-0.15, -0.1) is 5.10 Å². The number of fused-ring (bicyclic) bond motifs is 1. The topological polar surface area (TPSA) is 58.4 Å². The summed E-state index contributed by atoms with van der Waals surface area (Å²) in [7, 11) is 0. The number of aromatic nitrogens is 4. The number of nitrogens with zero attached hydrogens (tertiary/aromatic N) is 5. The first-order valence-corrected chi connectivity index (χ1v) is 8.11. The van der Waals surface area contributed by atoms with E-state index in [-0.39, 0.29) is 6.04 Å². The second-order valence-corrected chi connectivity index (χ2v) is 6.02. The predicted molar refractivity (Wildman–Crippen MR) is 89.6 cm³/mol. The van der Waals surface area contributed by atoms with E-state index in [0.29, 0.717) is 26.1 Å².